The van der Waals surface area contributed by atoms with Crippen molar-refractivity contribution in [3.63, 3.8) is 0 Å². The van der Waals surface area contributed by atoms with Gasteiger partial charge in [-0.25, -0.2) is 8.42 Å². The van der Waals surface area contributed by atoms with Gasteiger partial charge in [-0.1, -0.05) is 47.5 Å². The van der Waals surface area contributed by atoms with E-state index in [0.717, 1.165) is 5.56 Å². The Morgan fingerprint density at radius 1 is 1.03 bits per heavy atom. The van der Waals surface area contributed by atoms with Crippen LogP contribution in [0, 0.1) is 5.92 Å². The summed E-state index contributed by atoms with van der Waals surface area (Å²) in [6.45, 7) is 1.53. The number of benzene rings is 2. The van der Waals surface area contributed by atoms with Gasteiger partial charge < -0.3 is 10.1 Å². The van der Waals surface area contributed by atoms with E-state index < -0.39 is 15.9 Å². The lowest BCUT2D eigenvalue weighted by Gasteiger charge is -2.25. The minimum Gasteiger partial charge on any atom is -0.372 e. The molecule has 2 heterocycles. The maximum absolute atomic E-state index is 13.5. The van der Waals surface area contributed by atoms with E-state index in [9.17, 15) is 13.2 Å². The van der Waals surface area contributed by atoms with Crippen LogP contribution in [0.1, 0.15) is 11.7 Å². The van der Waals surface area contributed by atoms with Gasteiger partial charge in [0, 0.05) is 30.6 Å². The first kappa shape index (κ1) is 22.1. The van der Waals surface area contributed by atoms with E-state index in [4.69, 9.17) is 27.9 Å². The second-order valence-corrected chi connectivity index (χ2v) is 10.2. The predicted molar refractivity (Wildman–Crippen MR) is 120 cm³/mol. The van der Waals surface area contributed by atoms with Crippen LogP contribution in [0.25, 0.3) is 11.3 Å². The Balaban J connectivity index is 1.69. The van der Waals surface area contributed by atoms with E-state index >= 15 is 0 Å². The minimum atomic E-state index is -3.72. The quantitative estimate of drug-likeness (QED) is 0.517. The number of aromatic amines is 2. The molecule has 2 atom stereocenters. The standard InChI is InChI=1S/C21H21Cl2N3O4S/c22-16-6-5-13(9-17(16)23)21-14(11-24-7-8-30-21)12-31(28,29)19-4-2-1-3-15(19)18-10-20(27)26-25-18/h1-6,9-10,14,21,24H,7-8,11-12H2,(H2,25,26,27)/t14-,21-/m0/s1. The van der Waals surface area contributed by atoms with Crippen LogP contribution in [0.4, 0.5) is 0 Å². The molecule has 1 aliphatic rings. The molecule has 1 aromatic heterocycles. The molecular weight excluding hydrogens is 461 g/mol. The minimum absolute atomic E-state index is 0.142. The normalized spacial score (nSPS) is 19.8. The lowest BCUT2D eigenvalue weighted by Crippen LogP contribution is -2.30. The number of hydrogen-bond acceptors (Lipinski definition) is 5. The molecule has 10 heteroatoms. The zero-order chi connectivity index (χ0) is 22.0. The van der Waals surface area contributed by atoms with Crippen molar-refractivity contribution in [3.8, 4) is 11.3 Å². The summed E-state index contributed by atoms with van der Waals surface area (Å²) in [5.74, 6) is -0.501. The monoisotopic (exact) mass is 481 g/mol. The maximum atomic E-state index is 13.5. The highest BCUT2D eigenvalue weighted by atomic mass is 35.5. The SMILES string of the molecule is O=c1cc(-c2ccccc2S(=O)(=O)C[C@@H]2CNCCO[C@H]2c2ccc(Cl)c(Cl)c2)[nH][nH]1. The van der Waals surface area contributed by atoms with Crippen molar-refractivity contribution in [2.45, 2.75) is 11.0 Å². The van der Waals surface area contributed by atoms with Crippen LogP contribution < -0.4 is 10.9 Å². The zero-order valence-corrected chi connectivity index (χ0v) is 18.7. The lowest BCUT2D eigenvalue weighted by molar-refractivity contribution is 0.0369. The molecule has 1 saturated heterocycles. The summed E-state index contributed by atoms with van der Waals surface area (Å²) >= 11 is 12.2. The molecular formula is C21H21Cl2N3O4S. The van der Waals surface area contributed by atoms with Crippen LogP contribution in [0.5, 0.6) is 0 Å². The number of nitrogens with one attached hydrogen (secondary N) is 3. The molecule has 0 unspecified atom stereocenters. The summed E-state index contributed by atoms with van der Waals surface area (Å²) in [6.07, 6.45) is -0.459. The average Bonchev–Trinajstić information content (AvgIpc) is 3.05. The highest BCUT2D eigenvalue weighted by molar-refractivity contribution is 7.91. The Morgan fingerprint density at radius 2 is 1.84 bits per heavy atom. The molecule has 3 aromatic rings. The van der Waals surface area contributed by atoms with Gasteiger partial charge in [-0.2, -0.15) is 0 Å². The number of sulfone groups is 1. The fourth-order valence-corrected chi connectivity index (χ4v) is 5.94. The van der Waals surface area contributed by atoms with E-state index in [1.165, 1.54) is 6.07 Å². The van der Waals surface area contributed by atoms with Crippen LogP contribution in [-0.4, -0.2) is 44.1 Å². The summed E-state index contributed by atoms with van der Waals surface area (Å²) in [5.41, 5.74) is 1.31. The Morgan fingerprint density at radius 3 is 2.58 bits per heavy atom. The largest absolute Gasteiger partial charge is 0.372 e. The van der Waals surface area contributed by atoms with Crippen LogP contribution in [0.3, 0.4) is 0 Å². The van der Waals surface area contributed by atoms with Gasteiger partial charge >= 0.3 is 0 Å². The Labute approximate surface area is 189 Å². The van der Waals surface area contributed by atoms with E-state index in [1.54, 1.807) is 36.4 Å². The molecule has 0 spiro atoms. The van der Waals surface area contributed by atoms with E-state index in [2.05, 4.69) is 15.5 Å². The predicted octanol–water partition coefficient (Wildman–Crippen LogP) is 3.43. The molecule has 0 amide bonds. The topological polar surface area (TPSA) is 104 Å². The van der Waals surface area contributed by atoms with E-state index in [0.29, 0.717) is 41.0 Å². The van der Waals surface area contributed by atoms with Gasteiger partial charge in [-0.3, -0.25) is 15.0 Å². The summed E-state index contributed by atoms with van der Waals surface area (Å²) < 4.78 is 33.0. The third-order valence-electron chi connectivity index (χ3n) is 5.22. The van der Waals surface area contributed by atoms with Gasteiger partial charge in [0.1, 0.15) is 0 Å². The van der Waals surface area contributed by atoms with Crippen LogP contribution in [-0.2, 0) is 14.6 Å². The summed E-state index contributed by atoms with van der Waals surface area (Å²) in [4.78, 5) is 11.7. The van der Waals surface area contributed by atoms with Crippen molar-refractivity contribution in [1.82, 2.24) is 15.5 Å². The Bertz CT molecular complexity index is 1240. The Hall–Kier alpha value is -2.10. The molecule has 164 valence electrons. The molecule has 4 rings (SSSR count). The second kappa shape index (κ2) is 9.18. The number of ether oxygens (including phenoxy) is 1. The van der Waals surface area contributed by atoms with Crippen molar-refractivity contribution in [2.24, 2.45) is 5.92 Å². The average molecular weight is 482 g/mol. The number of rotatable bonds is 5. The van der Waals surface area contributed by atoms with Crippen molar-refractivity contribution in [1.29, 1.82) is 0 Å². The molecule has 1 fully saturated rings. The van der Waals surface area contributed by atoms with Gasteiger partial charge in [-0.15, -0.1) is 0 Å². The first-order chi connectivity index (χ1) is 14.8. The fraction of sp³-hybridized carbons (Fsp3) is 0.286. The van der Waals surface area contributed by atoms with E-state index in [1.807, 2.05) is 6.07 Å². The van der Waals surface area contributed by atoms with Gasteiger partial charge in [-0.05, 0) is 23.8 Å². The summed E-state index contributed by atoms with van der Waals surface area (Å²) in [5, 5.41) is 9.24. The highest BCUT2D eigenvalue weighted by Gasteiger charge is 2.32. The highest BCUT2D eigenvalue weighted by Crippen LogP contribution is 2.35. The number of aromatic nitrogens is 2. The lowest BCUT2D eigenvalue weighted by atomic mass is 9.97. The van der Waals surface area contributed by atoms with Crippen molar-refractivity contribution in [3.05, 3.63) is 74.5 Å². The van der Waals surface area contributed by atoms with Gasteiger partial charge in [0.25, 0.3) is 5.56 Å². The first-order valence-electron chi connectivity index (χ1n) is 9.72. The van der Waals surface area contributed by atoms with Crippen molar-refractivity contribution < 1.29 is 13.2 Å². The van der Waals surface area contributed by atoms with Gasteiger partial charge in [0.15, 0.2) is 9.84 Å². The molecule has 0 bridgehead atoms. The van der Waals surface area contributed by atoms with Crippen LogP contribution >= 0.6 is 23.2 Å². The van der Waals surface area contributed by atoms with Crippen molar-refractivity contribution >= 4 is 33.0 Å². The third-order valence-corrected chi connectivity index (χ3v) is 7.86. The number of hydrogen-bond donors (Lipinski definition) is 3. The fourth-order valence-electron chi connectivity index (χ4n) is 3.80. The molecule has 1 aliphatic heterocycles. The van der Waals surface area contributed by atoms with Gasteiger partial charge in [0.05, 0.1) is 39.1 Å². The van der Waals surface area contributed by atoms with E-state index in [-0.39, 0.29) is 22.1 Å². The first-order valence-corrected chi connectivity index (χ1v) is 12.1. The smallest absolute Gasteiger partial charge is 0.264 e. The second-order valence-electron chi connectivity index (χ2n) is 7.38. The number of H-pyrrole nitrogens is 2. The van der Waals surface area contributed by atoms with Crippen molar-refractivity contribution in [2.75, 3.05) is 25.4 Å². The molecule has 7 nitrogen and oxygen atoms in total. The maximum Gasteiger partial charge on any atom is 0.264 e. The van der Waals surface area contributed by atoms with Crippen LogP contribution in [0.2, 0.25) is 10.0 Å². The molecule has 2 aromatic carbocycles. The van der Waals surface area contributed by atoms with Gasteiger partial charge in [0.2, 0.25) is 0 Å². The summed E-state index contributed by atoms with van der Waals surface area (Å²) in [7, 11) is -3.72. The molecule has 3 N–H and O–H groups in total. The summed E-state index contributed by atoms with van der Waals surface area (Å²) in [6, 6.07) is 13.2. The van der Waals surface area contributed by atoms with Crippen LogP contribution in [0.15, 0.2) is 58.2 Å². The molecule has 0 radical (unpaired) electrons. The number of halogens is 2. The molecule has 0 saturated carbocycles. The molecule has 31 heavy (non-hydrogen) atoms. The Kier molecular flexibility index (Phi) is 6.55. The third kappa shape index (κ3) is 4.88. The molecule has 0 aliphatic carbocycles. The zero-order valence-electron chi connectivity index (χ0n) is 16.4.